The molecular weight excluding hydrogens is 281 g/mol. The number of carboxylic acid groups (broad SMARTS) is 1. The van der Waals surface area contributed by atoms with Crippen molar-refractivity contribution in [2.45, 2.75) is 12.8 Å². The van der Waals surface area contributed by atoms with Crippen molar-refractivity contribution in [1.29, 1.82) is 5.26 Å². The number of fused-ring (bicyclic) bond motifs is 1. The summed E-state index contributed by atoms with van der Waals surface area (Å²) in [6.45, 7) is 0. The van der Waals surface area contributed by atoms with Gasteiger partial charge in [0.2, 0.25) is 0 Å². The van der Waals surface area contributed by atoms with Crippen molar-refractivity contribution in [3.63, 3.8) is 0 Å². The first-order valence-corrected chi connectivity index (χ1v) is 6.86. The summed E-state index contributed by atoms with van der Waals surface area (Å²) in [6.07, 6.45) is 0.857. The predicted octanol–water partition coefficient (Wildman–Crippen LogP) is 3.93. The Kier molecular flexibility index (Phi) is 3.48. The smallest absolute Gasteiger partial charge is 0.335 e. The molecule has 2 aromatic rings. The zero-order chi connectivity index (χ0) is 15.7. The van der Waals surface area contributed by atoms with E-state index >= 15 is 0 Å². The van der Waals surface area contributed by atoms with Crippen LogP contribution in [0.15, 0.2) is 48.3 Å². The van der Waals surface area contributed by atoms with Crippen LogP contribution in [0.3, 0.4) is 0 Å². The van der Waals surface area contributed by atoms with Crippen LogP contribution in [0.5, 0.6) is 0 Å². The molecule has 1 aliphatic carbocycles. The minimum absolute atomic E-state index is 0.139. The highest BCUT2D eigenvalue weighted by Gasteiger charge is 2.22. The Morgan fingerprint density at radius 2 is 1.86 bits per heavy atom. The highest BCUT2D eigenvalue weighted by Crippen LogP contribution is 2.37. The Hall–Kier alpha value is -2.93. The topological polar surface area (TPSA) is 61.1 Å². The summed E-state index contributed by atoms with van der Waals surface area (Å²) in [5.41, 5.74) is 3.27. The van der Waals surface area contributed by atoms with Crippen molar-refractivity contribution in [3.05, 3.63) is 76.1 Å². The van der Waals surface area contributed by atoms with Crippen LogP contribution in [0.2, 0.25) is 0 Å². The number of rotatable bonds is 2. The van der Waals surface area contributed by atoms with Crippen molar-refractivity contribution in [2.24, 2.45) is 0 Å². The average Bonchev–Trinajstić information content (AvgIpc) is 2.54. The summed E-state index contributed by atoms with van der Waals surface area (Å²) >= 11 is 0. The lowest BCUT2D eigenvalue weighted by Gasteiger charge is -2.20. The number of allylic oxidation sites excluding steroid dienone is 1. The van der Waals surface area contributed by atoms with Gasteiger partial charge in [-0.3, -0.25) is 0 Å². The van der Waals surface area contributed by atoms with Gasteiger partial charge in [0.25, 0.3) is 0 Å². The second-order valence-electron chi connectivity index (χ2n) is 5.15. The standard InChI is InChI=1S/C18H12FNO2/c19-16-8-7-12-5-6-14(18(21)22)9-15(12)17(16)13-3-1-11(10-20)2-4-13/h1-6,9H,7-8H2,(H,21,22). The third kappa shape index (κ3) is 2.38. The molecule has 0 fully saturated rings. The van der Waals surface area contributed by atoms with Crippen LogP contribution in [0.4, 0.5) is 4.39 Å². The molecule has 0 aromatic heterocycles. The number of carbonyl (C=O) groups is 1. The minimum atomic E-state index is -1.03. The maximum Gasteiger partial charge on any atom is 0.335 e. The molecule has 0 saturated heterocycles. The molecule has 22 heavy (non-hydrogen) atoms. The van der Waals surface area contributed by atoms with E-state index in [-0.39, 0.29) is 11.4 Å². The number of aromatic carboxylic acids is 1. The van der Waals surface area contributed by atoms with Crippen molar-refractivity contribution in [2.75, 3.05) is 0 Å². The van der Waals surface area contributed by atoms with E-state index in [1.807, 2.05) is 6.07 Å². The summed E-state index contributed by atoms with van der Waals surface area (Å²) in [7, 11) is 0. The predicted molar refractivity (Wildman–Crippen MR) is 80.0 cm³/mol. The number of nitriles is 1. The van der Waals surface area contributed by atoms with Gasteiger partial charge in [-0.1, -0.05) is 18.2 Å². The summed E-state index contributed by atoms with van der Waals surface area (Å²) < 4.78 is 14.4. The van der Waals surface area contributed by atoms with E-state index in [9.17, 15) is 9.18 Å². The maximum atomic E-state index is 14.4. The second kappa shape index (κ2) is 5.45. The third-order valence-corrected chi connectivity index (χ3v) is 3.81. The summed E-state index contributed by atoms with van der Waals surface area (Å²) in [5.74, 6) is -1.28. The fourth-order valence-corrected chi connectivity index (χ4v) is 2.70. The van der Waals surface area contributed by atoms with Crippen LogP contribution in [-0.4, -0.2) is 11.1 Å². The van der Waals surface area contributed by atoms with E-state index in [4.69, 9.17) is 10.4 Å². The van der Waals surface area contributed by atoms with Gasteiger partial charge >= 0.3 is 5.97 Å². The van der Waals surface area contributed by atoms with Crippen molar-refractivity contribution < 1.29 is 14.3 Å². The molecule has 2 aromatic carbocycles. The van der Waals surface area contributed by atoms with Crippen LogP contribution in [-0.2, 0) is 6.42 Å². The monoisotopic (exact) mass is 293 g/mol. The molecule has 0 aliphatic heterocycles. The lowest BCUT2D eigenvalue weighted by atomic mass is 9.85. The summed E-state index contributed by atoms with van der Waals surface area (Å²) in [4.78, 5) is 11.1. The highest BCUT2D eigenvalue weighted by atomic mass is 19.1. The zero-order valence-corrected chi connectivity index (χ0v) is 11.6. The number of halogens is 1. The minimum Gasteiger partial charge on any atom is -0.478 e. The molecule has 0 saturated carbocycles. The van der Waals surface area contributed by atoms with Gasteiger partial charge in [0, 0.05) is 12.0 Å². The largest absolute Gasteiger partial charge is 0.478 e. The van der Waals surface area contributed by atoms with E-state index in [1.54, 1.807) is 36.4 Å². The fraction of sp³-hybridized carbons (Fsp3) is 0.111. The Morgan fingerprint density at radius 3 is 2.50 bits per heavy atom. The third-order valence-electron chi connectivity index (χ3n) is 3.81. The van der Waals surface area contributed by atoms with E-state index in [1.165, 1.54) is 6.07 Å². The Labute approximate surface area is 126 Å². The lowest BCUT2D eigenvalue weighted by molar-refractivity contribution is 0.0697. The first-order valence-electron chi connectivity index (χ1n) is 6.86. The molecule has 1 aliphatic rings. The van der Waals surface area contributed by atoms with Gasteiger partial charge in [0.1, 0.15) is 5.83 Å². The van der Waals surface area contributed by atoms with Crippen LogP contribution in [0.25, 0.3) is 5.57 Å². The molecule has 3 nitrogen and oxygen atoms in total. The number of aryl methyl sites for hydroxylation is 1. The van der Waals surface area contributed by atoms with Gasteiger partial charge in [-0.25, -0.2) is 9.18 Å². The average molecular weight is 293 g/mol. The molecule has 0 heterocycles. The second-order valence-corrected chi connectivity index (χ2v) is 5.15. The number of nitrogens with zero attached hydrogens (tertiary/aromatic N) is 1. The van der Waals surface area contributed by atoms with Gasteiger partial charge in [0.15, 0.2) is 0 Å². The Morgan fingerprint density at radius 1 is 1.14 bits per heavy atom. The zero-order valence-electron chi connectivity index (χ0n) is 11.6. The maximum absolute atomic E-state index is 14.4. The van der Waals surface area contributed by atoms with Crippen LogP contribution in [0.1, 0.15) is 39.0 Å². The SMILES string of the molecule is N#Cc1ccc(C2=C(F)CCc3ccc(C(=O)O)cc32)cc1. The number of hydrogen-bond acceptors (Lipinski definition) is 2. The van der Waals surface area contributed by atoms with Crippen molar-refractivity contribution >= 4 is 11.5 Å². The highest BCUT2D eigenvalue weighted by molar-refractivity contribution is 5.92. The first kappa shape index (κ1) is 14.0. The van der Waals surface area contributed by atoms with Crippen LogP contribution >= 0.6 is 0 Å². The molecule has 0 radical (unpaired) electrons. The molecule has 0 atom stereocenters. The Balaban J connectivity index is 2.16. The quantitative estimate of drug-likeness (QED) is 0.912. The molecule has 4 heteroatoms. The van der Waals surface area contributed by atoms with E-state index < -0.39 is 5.97 Å². The molecular formula is C18H12FNO2. The van der Waals surface area contributed by atoms with Gasteiger partial charge in [0.05, 0.1) is 17.2 Å². The molecule has 0 amide bonds. The molecule has 108 valence electrons. The Bertz CT molecular complexity index is 829. The first-order chi connectivity index (χ1) is 10.6. The fourth-order valence-electron chi connectivity index (χ4n) is 2.70. The number of carboxylic acids is 1. The summed E-state index contributed by atoms with van der Waals surface area (Å²) in [6, 6.07) is 13.5. The van der Waals surface area contributed by atoms with Gasteiger partial charge < -0.3 is 5.11 Å². The summed E-state index contributed by atoms with van der Waals surface area (Å²) in [5, 5.41) is 18.0. The van der Waals surface area contributed by atoms with Gasteiger partial charge in [-0.15, -0.1) is 0 Å². The van der Waals surface area contributed by atoms with Crippen LogP contribution < -0.4 is 0 Å². The van der Waals surface area contributed by atoms with E-state index in [0.717, 1.165) is 5.56 Å². The lowest BCUT2D eigenvalue weighted by Crippen LogP contribution is -2.07. The van der Waals surface area contributed by atoms with Crippen LogP contribution in [0, 0.1) is 11.3 Å². The number of hydrogen-bond donors (Lipinski definition) is 1. The van der Waals surface area contributed by atoms with Gasteiger partial charge in [-0.2, -0.15) is 5.26 Å². The normalized spacial score (nSPS) is 13.5. The molecule has 1 N–H and O–H groups in total. The number of benzene rings is 2. The van der Waals surface area contributed by atoms with E-state index in [0.29, 0.717) is 35.1 Å². The van der Waals surface area contributed by atoms with E-state index in [2.05, 4.69) is 0 Å². The van der Waals surface area contributed by atoms with Gasteiger partial charge in [-0.05, 0) is 47.4 Å². The molecule has 0 spiro atoms. The molecule has 0 unspecified atom stereocenters. The molecule has 0 bridgehead atoms. The molecule has 3 rings (SSSR count). The van der Waals surface area contributed by atoms with Crippen molar-refractivity contribution in [3.8, 4) is 6.07 Å². The van der Waals surface area contributed by atoms with Crippen molar-refractivity contribution in [1.82, 2.24) is 0 Å².